The second-order valence-corrected chi connectivity index (χ2v) is 4.06. The van der Waals surface area contributed by atoms with Gasteiger partial charge in [0.1, 0.15) is 0 Å². The van der Waals surface area contributed by atoms with Gasteiger partial charge in [0.25, 0.3) is 0 Å². The Morgan fingerprint density at radius 2 is 1.67 bits per heavy atom. The van der Waals surface area contributed by atoms with Crippen molar-refractivity contribution in [1.29, 1.82) is 0 Å². The van der Waals surface area contributed by atoms with Gasteiger partial charge in [-0.2, -0.15) is 0 Å². The predicted octanol–water partition coefficient (Wildman–Crippen LogP) is 1.54. The van der Waals surface area contributed by atoms with E-state index in [9.17, 15) is 0 Å². The highest BCUT2D eigenvalue weighted by atomic mass is 15.3. The molecule has 0 spiro atoms. The number of nitrogens with zero attached hydrogens (tertiary/aromatic N) is 2. The van der Waals surface area contributed by atoms with Crippen molar-refractivity contribution in [3.63, 3.8) is 0 Å². The molecule has 2 heteroatoms. The third kappa shape index (κ3) is 1.81. The molecular weight excluding hydrogens is 148 g/mol. The normalized spacial score (nSPS) is 32.2. The van der Waals surface area contributed by atoms with E-state index in [1.54, 1.807) is 0 Å². The highest BCUT2D eigenvalue weighted by molar-refractivity contribution is 4.98. The summed E-state index contributed by atoms with van der Waals surface area (Å²) in [5.41, 5.74) is 1.20. The molecule has 0 aliphatic carbocycles. The van der Waals surface area contributed by atoms with Gasteiger partial charge in [-0.1, -0.05) is 6.58 Å². The number of hydrogen-bond acceptors (Lipinski definition) is 2. The highest BCUT2D eigenvalue weighted by Gasteiger charge is 2.26. The number of hydrogen-bond donors (Lipinski definition) is 0. The molecule has 1 fully saturated rings. The minimum absolute atomic E-state index is 0.608. The minimum atomic E-state index is 0.608. The van der Waals surface area contributed by atoms with Gasteiger partial charge in [-0.25, -0.2) is 0 Å². The Morgan fingerprint density at radius 1 is 1.25 bits per heavy atom. The van der Waals surface area contributed by atoms with Crippen LogP contribution >= 0.6 is 0 Å². The molecule has 0 bridgehead atoms. The predicted molar refractivity (Wildman–Crippen MR) is 53.1 cm³/mol. The van der Waals surface area contributed by atoms with Crippen molar-refractivity contribution in [2.45, 2.75) is 32.9 Å². The maximum absolute atomic E-state index is 4.01. The van der Waals surface area contributed by atoms with Gasteiger partial charge < -0.3 is 9.80 Å². The van der Waals surface area contributed by atoms with Gasteiger partial charge in [0.2, 0.25) is 0 Å². The zero-order valence-corrected chi connectivity index (χ0v) is 8.67. The van der Waals surface area contributed by atoms with Gasteiger partial charge in [0.15, 0.2) is 0 Å². The largest absolute Gasteiger partial charge is 0.368 e. The van der Waals surface area contributed by atoms with Crippen LogP contribution in [0.3, 0.4) is 0 Å². The Bertz CT molecular complexity index is 165. The Morgan fingerprint density at radius 3 is 2.00 bits per heavy atom. The molecule has 2 nitrogen and oxygen atoms in total. The first-order valence-electron chi connectivity index (χ1n) is 4.64. The van der Waals surface area contributed by atoms with Crippen LogP contribution in [0, 0.1) is 0 Å². The van der Waals surface area contributed by atoms with E-state index >= 15 is 0 Å². The number of piperazine rings is 1. The van der Waals surface area contributed by atoms with Gasteiger partial charge in [-0.3, -0.25) is 0 Å². The average molecular weight is 168 g/mol. The van der Waals surface area contributed by atoms with Crippen LogP contribution in [0.4, 0.5) is 0 Å². The number of likely N-dealkylation sites (N-methyl/N-ethyl adjacent to an activating group) is 1. The summed E-state index contributed by atoms with van der Waals surface area (Å²) in [4.78, 5) is 4.80. The average Bonchev–Trinajstić information content (AvgIpc) is 1.82. The van der Waals surface area contributed by atoms with E-state index in [-0.39, 0.29) is 0 Å². The van der Waals surface area contributed by atoms with Crippen molar-refractivity contribution >= 4 is 0 Å². The van der Waals surface area contributed by atoms with Crippen molar-refractivity contribution in [3.8, 4) is 0 Å². The first kappa shape index (κ1) is 9.59. The van der Waals surface area contributed by atoms with Crippen molar-refractivity contribution < 1.29 is 0 Å². The molecule has 1 rings (SSSR count). The molecule has 1 heterocycles. The van der Waals surface area contributed by atoms with Gasteiger partial charge in [-0.15, -0.1) is 0 Å². The molecule has 1 aliphatic rings. The van der Waals surface area contributed by atoms with Crippen LogP contribution < -0.4 is 0 Å². The quantitative estimate of drug-likeness (QED) is 0.586. The summed E-state index contributed by atoms with van der Waals surface area (Å²) in [6, 6.07) is 1.22. The Hall–Kier alpha value is -0.500. The Kier molecular flexibility index (Phi) is 2.78. The summed E-state index contributed by atoms with van der Waals surface area (Å²) < 4.78 is 0. The molecule has 0 N–H and O–H groups in total. The lowest BCUT2D eigenvalue weighted by Gasteiger charge is -2.44. The third-order valence-electron chi connectivity index (χ3n) is 2.54. The molecule has 0 aromatic rings. The molecule has 0 aromatic carbocycles. The molecule has 2 atom stereocenters. The van der Waals surface area contributed by atoms with Gasteiger partial charge >= 0.3 is 0 Å². The molecule has 0 amide bonds. The monoisotopic (exact) mass is 168 g/mol. The zero-order valence-electron chi connectivity index (χ0n) is 8.67. The van der Waals surface area contributed by atoms with E-state index in [0.717, 1.165) is 13.1 Å². The zero-order chi connectivity index (χ0) is 9.30. The fraction of sp³-hybridized carbons (Fsp3) is 0.800. The van der Waals surface area contributed by atoms with Gasteiger partial charge in [0, 0.05) is 30.9 Å². The van der Waals surface area contributed by atoms with Gasteiger partial charge in [0.05, 0.1) is 0 Å². The van der Waals surface area contributed by atoms with Crippen molar-refractivity contribution in [2.24, 2.45) is 0 Å². The molecule has 1 aliphatic heterocycles. The molecule has 0 aromatic heterocycles. The van der Waals surface area contributed by atoms with E-state index in [4.69, 9.17) is 0 Å². The smallest absolute Gasteiger partial charge is 0.0389 e. The van der Waals surface area contributed by atoms with Gasteiger partial charge in [-0.05, 0) is 27.8 Å². The van der Waals surface area contributed by atoms with Crippen LogP contribution in [0.2, 0.25) is 0 Å². The molecule has 0 saturated carbocycles. The molecule has 0 radical (unpaired) electrons. The van der Waals surface area contributed by atoms with Crippen molar-refractivity contribution in [3.05, 3.63) is 12.3 Å². The van der Waals surface area contributed by atoms with Crippen LogP contribution in [-0.2, 0) is 0 Å². The number of rotatable bonds is 1. The lowest BCUT2D eigenvalue weighted by Crippen LogP contribution is -2.54. The van der Waals surface area contributed by atoms with E-state index in [1.165, 1.54) is 5.70 Å². The summed E-state index contributed by atoms with van der Waals surface area (Å²) >= 11 is 0. The fourth-order valence-electron chi connectivity index (χ4n) is 2.34. The molecule has 12 heavy (non-hydrogen) atoms. The first-order chi connectivity index (χ1) is 5.52. The second kappa shape index (κ2) is 3.48. The molecule has 1 saturated heterocycles. The van der Waals surface area contributed by atoms with Crippen LogP contribution in [0.5, 0.6) is 0 Å². The Balaban J connectivity index is 2.66. The van der Waals surface area contributed by atoms with E-state index in [2.05, 4.69) is 44.2 Å². The molecular formula is C10H20N2. The van der Waals surface area contributed by atoms with Crippen molar-refractivity contribution in [1.82, 2.24) is 9.80 Å². The standard InChI is InChI=1S/C10H20N2/c1-8(2)12-9(3)6-11(5)7-10(12)4/h9-10H,1,6-7H2,2-5H3. The summed E-state index contributed by atoms with van der Waals surface area (Å²) in [6.45, 7) is 12.9. The van der Waals surface area contributed by atoms with Crippen LogP contribution in [-0.4, -0.2) is 42.0 Å². The Labute approximate surface area is 75.8 Å². The highest BCUT2D eigenvalue weighted by Crippen LogP contribution is 2.18. The second-order valence-electron chi connectivity index (χ2n) is 4.06. The van der Waals surface area contributed by atoms with Crippen LogP contribution in [0.25, 0.3) is 0 Å². The summed E-state index contributed by atoms with van der Waals surface area (Å²) in [6.07, 6.45) is 0. The summed E-state index contributed by atoms with van der Waals surface area (Å²) in [5, 5.41) is 0. The van der Waals surface area contributed by atoms with Crippen LogP contribution in [0.15, 0.2) is 12.3 Å². The maximum atomic E-state index is 4.01. The van der Waals surface area contributed by atoms with E-state index < -0.39 is 0 Å². The van der Waals surface area contributed by atoms with E-state index in [0.29, 0.717) is 12.1 Å². The minimum Gasteiger partial charge on any atom is -0.368 e. The maximum Gasteiger partial charge on any atom is 0.0389 e. The SMILES string of the molecule is C=C(C)N1C(C)CN(C)CC1C. The fourth-order valence-corrected chi connectivity index (χ4v) is 2.34. The first-order valence-corrected chi connectivity index (χ1v) is 4.64. The lowest BCUT2D eigenvalue weighted by molar-refractivity contribution is 0.0833. The topological polar surface area (TPSA) is 6.48 Å². The molecule has 70 valence electrons. The summed E-state index contributed by atoms with van der Waals surface area (Å²) in [5.74, 6) is 0. The van der Waals surface area contributed by atoms with E-state index in [1.807, 2.05) is 0 Å². The third-order valence-corrected chi connectivity index (χ3v) is 2.54. The molecule has 2 unspecified atom stereocenters. The summed E-state index contributed by atoms with van der Waals surface area (Å²) in [7, 11) is 2.18. The van der Waals surface area contributed by atoms with Crippen LogP contribution in [0.1, 0.15) is 20.8 Å². The lowest BCUT2D eigenvalue weighted by atomic mass is 10.1. The number of allylic oxidation sites excluding steroid dienone is 1. The van der Waals surface area contributed by atoms with Crippen molar-refractivity contribution in [2.75, 3.05) is 20.1 Å².